The molecular formula is C93H64F8N4O16S4. The summed E-state index contributed by atoms with van der Waals surface area (Å²) < 4.78 is 114. The first-order valence-electron chi connectivity index (χ1n) is 36.4. The number of rotatable bonds is 16. The van der Waals surface area contributed by atoms with E-state index in [0.29, 0.717) is 32.3 Å². The molecule has 12 N–H and O–H groups in total. The Morgan fingerprint density at radius 1 is 0.288 bits per heavy atom. The second kappa shape index (κ2) is 37.1. The number of hydrogen-bond donors (Lipinski definition) is 12. The van der Waals surface area contributed by atoms with Crippen molar-refractivity contribution in [1.29, 1.82) is 0 Å². The topological polar surface area (TPSA) is 347 Å². The van der Waals surface area contributed by atoms with E-state index < -0.39 is 94.0 Å². The molecule has 125 heavy (non-hydrogen) atoms. The smallest absolute Gasteiger partial charge is 0.339 e. The summed E-state index contributed by atoms with van der Waals surface area (Å²) in [7, 11) is 0. The first kappa shape index (κ1) is 89.1. The van der Waals surface area contributed by atoms with E-state index in [1.54, 1.807) is 103 Å². The molecule has 0 aliphatic carbocycles. The SMILES string of the molecule is C.Cc1ccc(-c2scc(NC(=O)c3cc4ccccc4cc3O)c2C(=O)O)c(F)c1F.Cc1ccc(-c2scc(NC(=O)c3ccc4ccccc4c3O)c2C(=O)O)c(F)c1F.Cc1ccc(-c2scc(NC(=O)c3cccc4ccc(O)cc34)c2C(=O)O)c(F)c1F.Cc1ccc(-c2scc(NC(=O)c3cccc4cccc(O)c34)c2C(=O)O)c(F)c1F. The lowest BCUT2D eigenvalue weighted by atomic mass is 10.0. The molecule has 32 heteroatoms. The van der Waals surface area contributed by atoms with Crippen LogP contribution in [0.15, 0.2) is 216 Å². The van der Waals surface area contributed by atoms with Crippen LogP contribution in [0.1, 0.15) is 113 Å². The largest absolute Gasteiger partial charge is 0.508 e. The highest BCUT2D eigenvalue weighted by molar-refractivity contribution is 7.15. The highest BCUT2D eigenvalue weighted by Crippen LogP contribution is 2.45. The number of halogens is 8. The Morgan fingerprint density at radius 2 is 0.608 bits per heavy atom. The predicted molar refractivity (Wildman–Crippen MR) is 466 cm³/mol. The van der Waals surface area contributed by atoms with Crippen LogP contribution in [0, 0.1) is 74.2 Å². The van der Waals surface area contributed by atoms with Gasteiger partial charge in [0.2, 0.25) is 0 Å². The number of benzene rings is 12. The van der Waals surface area contributed by atoms with Gasteiger partial charge in [0.05, 0.1) is 58.9 Å². The van der Waals surface area contributed by atoms with Crippen LogP contribution in [0.4, 0.5) is 57.9 Å². The van der Waals surface area contributed by atoms with Gasteiger partial charge >= 0.3 is 23.9 Å². The normalized spacial score (nSPS) is 10.8. The zero-order valence-electron chi connectivity index (χ0n) is 64.3. The summed E-state index contributed by atoms with van der Waals surface area (Å²) in [6.07, 6.45) is 0. The van der Waals surface area contributed by atoms with Crippen molar-refractivity contribution in [2.24, 2.45) is 0 Å². The van der Waals surface area contributed by atoms with Gasteiger partial charge in [-0.05, 0) is 131 Å². The second-order valence-electron chi connectivity index (χ2n) is 27.5. The molecule has 632 valence electrons. The maximum absolute atomic E-state index is 14.5. The molecule has 0 saturated carbocycles. The minimum atomic E-state index is -1.41. The van der Waals surface area contributed by atoms with Gasteiger partial charge in [-0.25, -0.2) is 54.3 Å². The van der Waals surface area contributed by atoms with Gasteiger partial charge in [-0.3, -0.25) is 19.2 Å². The van der Waals surface area contributed by atoms with E-state index in [0.717, 1.165) is 56.1 Å². The van der Waals surface area contributed by atoms with Gasteiger partial charge in [0.15, 0.2) is 46.5 Å². The standard InChI is InChI=1S/4C23H15F2NO4S.CH4/c1-11-8-9-14(20(25)19(11)24)21-18(23(29)30)15(10-31-21)26-22(28)13-6-2-4-12-5-3-7-16(27)17(12)13;1-11-5-8-15(20(25)19(11)24)21-18(23(29)30)17(10-31-21)26-22(28)14-4-2-3-12-6-7-13(27)9-16(12)14;1-11-6-8-14(19(25)18(11)24)21-17(23(29)30)16(10-31-21)26-22(28)15-9-7-12-4-2-3-5-13(12)20(15)27;1-11-6-7-14(20(25)19(11)24)21-18(23(29)30)16(10-31-21)26-22(28)15-8-12-4-2-3-5-13(12)9-17(15)27;/h4*2-10,27H,1H3,(H,26,28)(H,29,30);1H4. The number of anilines is 4. The van der Waals surface area contributed by atoms with Crippen molar-refractivity contribution in [3.63, 3.8) is 0 Å². The van der Waals surface area contributed by atoms with Crippen LogP contribution in [-0.4, -0.2) is 88.4 Å². The summed E-state index contributed by atoms with van der Waals surface area (Å²) >= 11 is 3.50. The monoisotopic (exact) mass is 1770 g/mol. The summed E-state index contributed by atoms with van der Waals surface area (Å²) in [5.41, 5.74) is -1.78. The van der Waals surface area contributed by atoms with E-state index in [1.807, 2.05) is 0 Å². The van der Waals surface area contributed by atoms with Crippen LogP contribution < -0.4 is 21.3 Å². The van der Waals surface area contributed by atoms with Gasteiger partial charge in [0.25, 0.3) is 23.6 Å². The molecule has 16 aromatic rings. The Balaban J connectivity index is 0.000000151. The van der Waals surface area contributed by atoms with Crippen LogP contribution in [0.2, 0.25) is 0 Å². The molecule has 0 bridgehead atoms. The molecule has 4 heterocycles. The number of carboxylic acid groups (broad SMARTS) is 4. The van der Waals surface area contributed by atoms with E-state index in [2.05, 4.69) is 21.3 Å². The maximum Gasteiger partial charge on any atom is 0.339 e. The fraction of sp³-hybridized carbons (Fsp3) is 0.0538. The molecule has 0 spiro atoms. The molecule has 4 aromatic heterocycles. The third-order valence-electron chi connectivity index (χ3n) is 19.6. The zero-order chi connectivity index (χ0) is 89.1. The second-order valence-corrected chi connectivity index (χ2v) is 31.0. The number of carbonyl (C=O) groups is 8. The van der Waals surface area contributed by atoms with E-state index in [-0.39, 0.29) is 162 Å². The number of phenolic OH excluding ortho intramolecular Hbond substituents is 4. The third kappa shape index (κ3) is 18.0. The minimum Gasteiger partial charge on any atom is -0.508 e. The molecule has 20 nitrogen and oxygen atoms in total. The van der Waals surface area contributed by atoms with Crippen LogP contribution in [-0.2, 0) is 0 Å². The fourth-order valence-electron chi connectivity index (χ4n) is 13.3. The number of carboxylic acids is 4. The molecule has 0 radical (unpaired) electrons. The molecule has 12 aromatic carbocycles. The van der Waals surface area contributed by atoms with Gasteiger partial charge in [0, 0.05) is 60.1 Å². The first-order valence-corrected chi connectivity index (χ1v) is 39.9. The minimum absolute atomic E-state index is 0. The molecular weight excluding hydrogens is 1710 g/mol. The van der Waals surface area contributed by atoms with Crippen molar-refractivity contribution in [3.05, 3.63) is 329 Å². The van der Waals surface area contributed by atoms with Gasteiger partial charge < -0.3 is 62.1 Å². The van der Waals surface area contributed by atoms with Crippen LogP contribution in [0.5, 0.6) is 23.0 Å². The number of hydrogen-bond acceptors (Lipinski definition) is 16. The maximum atomic E-state index is 14.5. The number of fused-ring (bicyclic) bond motifs is 4. The van der Waals surface area contributed by atoms with Crippen molar-refractivity contribution in [2.45, 2.75) is 35.1 Å². The van der Waals surface area contributed by atoms with Crippen LogP contribution >= 0.6 is 45.3 Å². The number of phenols is 4. The molecule has 0 saturated heterocycles. The van der Waals surface area contributed by atoms with Crippen molar-refractivity contribution >= 4 is 159 Å². The Hall–Kier alpha value is -15.1. The highest BCUT2D eigenvalue weighted by atomic mass is 32.1. The number of carbonyl (C=O) groups excluding carboxylic acids is 4. The number of nitrogens with one attached hydrogen (secondary N) is 4. The Morgan fingerprint density at radius 3 is 1.02 bits per heavy atom. The Labute approximate surface area is 718 Å². The lowest BCUT2D eigenvalue weighted by Crippen LogP contribution is -2.14. The molecule has 0 unspecified atom stereocenters. The van der Waals surface area contributed by atoms with Gasteiger partial charge in [0.1, 0.15) is 45.3 Å². The highest BCUT2D eigenvalue weighted by Gasteiger charge is 2.32. The summed E-state index contributed by atoms with van der Waals surface area (Å²) in [4.78, 5) is 98.9. The molecule has 0 aliphatic heterocycles. The van der Waals surface area contributed by atoms with Crippen molar-refractivity contribution in [1.82, 2.24) is 0 Å². The van der Waals surface area contributed by atoms with E-state index in [9.17, 15) is 114 Å². The van der Waals surface area contributed by atoms with E-state index >= 15 is 0 Å². The average Bonchev–Trinajstić information content (AvgIpc) is 1.67. The number of aromatic hydroxyl groups is 4. The number of aryl methyl sites for hydroxylation is 4. The number of amides is 4. The lowest BCUT2D eigenvalue weighted by Gasteiger charge is -2.10. The summed E-state index contributed by atoms with van der Waals surface area (Å²) in [5.74, 6) is -17.8. The molecule has 0 aliphatic rings. The molecule has 16 rings (SSSR count). The summed E-state index contributed by atoms with van der Waals surface area (Å²) in [6.45, 7) is 5.61. The van der Waals surface area contributed by atoms with E-state index in [4.69, 9.17) is 0 Å². The van der Waals surface area contributed by atoms with Crippen molar-refractivity contribution in [2.75, 3.05) is 21.3 Å². The Kier molecular flexibility index (Phi) is 26.4. The molecule has 4 amide bonds. The lowest BCUT2D eigenvalue weighted by molar-refractivity contribution is 0.0688. The van der Waals surface area contributed by atoms with Crippen molar-refractivity contribution in [3.8, 4) is 64.8 Å². The third-order valence-corrected chi connectivity index (χ3v) is 23.6. The fourth-order valence-corrected chi connectivity index (χ4v) is 17.4. The average molecular weight is 1770 g/mol. The van der Waals surface area contributed by atoms with Gasteiger partial charge in [-0.1, -0.05) is 153 Å². The first-order chi connectivity index (χ1) is 59.1. The van der Waals surface area contributed by atoms with Gasteiger partial charge in [-0.15, -0.1) is 45.3 Å². The number of thiophene rings is 4. The quantitative estimate of drug-likeness (QED) is 0.0400. The Bertz CT molecular complexity index is 6990. The number of aromatic carboxylic acids is 4. The predicted octanol–water partition coefficient (Wildman–Crippen LogP) is 23.9. The molecule has 0 atom stereocenters. The molecule has 0 fully saturated rings. The van der Waals surface area contributed by atoms with Crippen molar-refractivity contribution < 1.29 is 114 Å². The van der Waals surface area contributed by atoms with E-state index in [1.165, 1.54) is 140 Å². The zero-order valence-corrected chi connectivity index (χ0v) is 67.6. The summed E-state index contributed by atoms with van der Waals surface area (Å²) in [6, 6.07) is 49.9. The van der Waals surface area contributed by atoms with Crippen LogP contribution in [0.3, 0.4) is 0 Å². The van der Waals surface area contributed by atoms with Gasteiger partial charge in [-0.2, -0.15) is 0 Å². The van der Waals surface area contributed by atoms with Crippen LogP contribution in [0.25, 0.3) is 84.9 Å². The summed E-state index contributed by atoms with van der Waals surface area (Å²) in [5, 5.41) is 99.7.